The fraction of sp³-hybridized carbons (Fsp3) is 0.500. The lowest BCUT2D eigenvalue weighted by atomic mass is 10.0. The van der Waals surface area contributed by atoms with Crippen LogP contribution in [-0.2, 0) is 9.53 Å². The van der Waals surface area contributed by atoms with Gasteiger partial charge in [-0.1, -0.05) is 0 Å². The summed E-state index contributed by atoms with van der Waals surface area (Å²) < 4.78 is 6.16. The Kier molecular flexibility index (Phi) is 3.79. The Morgan fingerprint density at radius 1 is 1.59 bits per heavy atom. The van der Waals surface area contributed by atoms with Crippen LogP contribution in [0.5, 0.6) is 0 Å². The van der Waals surface area contributed by atoms with Gasteiger partial charge in [0.15, 0.2) is 0 Å². The number of hydrogen-bond donors (Lipinski definition) is 1. The number of rotatable bonds is 2. The standard InChI is InChI=1S/C12H15BrN2O2/c1-7-10(3-4-11(13)14-7)15-12(16)9-5-6-17-8(9)2/h3-4,8-9H,5-6H2,1-2H3,(H,15,16). The Morgan fingerprint density at radius 3 is 2.94 bits per heavy atom. The average Bonchev–Trinajstić information content (AvgIpc) is 2.68. The van der Waals surface area contributed by atoms with Gasteiger partial charge in [-0.3, -0.25) is 4.79 Å². The highest BCUT2D eigenvalue weighted by Gasteiger charge is 2.30. The van der Waals surface area contributed by atoms with Crippen LogP contribution >= 0.6 is 15.9 Å². The smallest absolute Gasteiger partial charge is 0.230 e. The zero-order chi connectivity index (χ0) is 12.4. The third-order valence-corrected chi connectivity index (χ3v) is 3.46. The Balaban J connectivity index is 2.07. The van der Waals surface area contributed by atoms with E-state index in [0.717, 1.165) is 22.4 Å². The monoisotopic (exact) mass is 298 g/mol. The van der Waals surface area contributed by atoms with E-state index in [0.29, 0.717) is 6.61 Å². The molecule has 2 atom stereocenters. The van der Waals surface area contributed by atoms with E-state index in [9.17, 15) is 4.79 Å². The van der Waals surface area contributed by atoms with E-state index in [1.54, 1.807) is 0 Å². The maximum absolute atomic E-state index is 12.0. The second kappa shape index (κ2) is 5.14. The molecular formula is C12H15BrN2O2. The van der Waals surface area contributed by atoms with Crippen LogP contribution in [0.25, 0.3) is 0 Å². The Labute approximate surface area is 109 Å². The number of amides is 1. The largest absolute Gasteiger partial charge is 0.378 e. The maximum atomic E-state index is 12.0. The molecule has 1 aromatic rings. The van der Waals surface area contributed by atoms with Crippen LogP contribution in [0.4, 0.5) is 5.69 Å². The SMILES string of the molecule is Cc1nc(Br)ccc1NC(=O)C1CCOC1C. The summed E-state index contributed by atoms with van der Waals surface area (Å²) in [5.41, 5.74) is 1.57. The first-order valence-electron chi connectivity index (χ1n) is 5.63. The van der Waals surface area contributed by atoms with Crippen LogP contribution < -0.4 is 5.32 Å². The molecule has 0 radical (unpaired) electrons. The fourth-order valence-corrected chi connectivity index (χ4v) is 2.36. The van der Waals surface area contributed by atoms with Gasteiger partial charge in [-0.2, -0.15) is 0 Å². The van der Waals surface area contributed by atoms with Crippen molar-refractivity contribution < 1.29 is 9.53 Å². The highest BCUT2D eigenvalue weighted by atomic mass is 79.9. The normalized spacial score (nSPS) is 23.7. The van der Waals surface area contributed by atoms with E-state index in [2.05, 4.69) is 26.2 Å². The lowest BCUT2D eigenvalue weighted by Crippen LogP contribution is -2.28. The van der Waals surface area contributed by atoms with Crippen LogP contribution in [0.3, 0.4) is 0 Å². The number of pyridine rings is 1. The molecule has 0 bridgehead atoms. The van der Waals surface area contributed by atoms with Crippen LogP contribution in [0.2, 0.25) is 0 Å². The molecule has 92 valence electrons. The number of halogens is 1. The Bertz CT molecular complexity index is 437. The molecule has 1 aliphatic rings. The molecule has 0 saturated carbocycles. The quantitative estimate of drug-likeness (QED) is 0.854. The van der Waals surface area contributed by atoms with Crippen molar-refractivity contribution in [3.63, 3.8) is 0 Å². The van der Waals surface area contributed by atoms with Crippen LogP contribution in [0, 0.1) is 12.8 Å². The van der Waals surface area contributed by atoms with Gasteiger partial charge < -0.3 is 10.1 Å². The predicted octanol–water partition coefficient (Wildman–Crippen LogP) is 2.52. The second-order valence-electron chi connectivity index (χ2n) is 4.23. The molecule has 0 aromatic carbocycles. The first-order chi connectivity index (χ1) is 8.08. The van der Waals surface area contributed by atoms with E-state index < -0.39 is 0 Å². The van der Waals surface area contributed by atoms with Crippen molar-refractivity contribution in [3.8, 4) is 0 Å². The molecule has 4 nitrogen and oxygen atoms in total. The summed E-state index contributed by atoms with van der Waals surface area (Å²) in [6, 6.07) is 3.67. The molecule has 1 amide bonds. The summed E-state index contributed by atoms with van der Waals surface area (Å²) in [7, 11) is 0. The van der Waals surface area contributed by atoms with Crippen molar-refractivity contribution in [1.82, 2.24) is 4.98 Å². The molecule has 2 heterocycles. The third-order valence-electron chi connectivity index (χ3n) is 3.02. The van der Waals surface area contributed by atoms with Gasteiger partial charge in [0.2, 0.25) is 5.91 Å². The second-order valence-corrected chi connectivity index (χ2v) is 5.04. The summed E-state index contributed by atoms with van der Waals surface area (Å²) in [5, 5.41) is 2.91. The molecule has 0 aliphatic carbocycles. The topological polar surface area (TPSA) is 51.2 Å². The van der Waals surface area contributed by atoms with Crippen LogP contribution in [-0.4, -0.2) is 23.6 Å². The summed E-state index contributed by atoms with van der Waals surface area (Å²) >= 11 is 3.29. The van der Waals surface area contributed by atoms with Crippen LogP contribution in [0.15, 0.2) is 16.7 Å². The summed E-state index contributed by atoms with van der Waals surface area (Å²) in [4.78, 5) is 16.3. The predicted molar refractivity (Wildman–Crippen MR) is 68.8 cm³/mol. The van der Waals surface area contributed by atoms with Gasteiger partial charge in [0.05, 0.1) is 23.4 Å². The summed E-state index contributed by atoms with van der Waals surface area (Å²) in [6.07, 6.45) is 0.787. The highest BCUT2D eigenvalue weighted by molar-refractivity contribution is 9.10. The molecule has 1 saturated heterocycles. The molecule has 1 aliphatic heterocycles. The van der Waals surface area contributed by atoms with Gasteiger partial charge in [0.1, 0.15) is 4.60 Å². The lowest BCUT2D eigenvalue weighted by molar-refractivity contribution is -0.121. The van der Waals surface area contributed by atoms with E-state index in [1.165, 1.54) is 0 Å². The number of hydrogen-bond acceptors (Lipinski definition) is 3. The molecule has 5 heteroatoms. The zero-order valence-corrected chi connectivity index (χ0v) is 11.5. The molecule has 17 heavy (non-hydrogen) atoms. The van der Waals surface area contributed by atoms with Gasteiger partial charge in [-0.15, -0.1) is 0 Å². The highest BCUT2D eigenvalue weighted by Crippen LogP contribution is 2.23. The number of nitrogens with one attached hydrogen (secondary N) is 1. The van der Waals surface area contributed by atoms with Crippen LogP contribution in [0.1, 0.15) is 19.0 Å². The number of nitrogens with zero attached hydrogens (tertiary/aromatic N) is 1. The molecule has 2 rings (SSSR count). The number of ether oxygens (including phenoxy) is 1. The van der Waals surface area contributed by atoms with Crippen molar-refractivity contribution in [1.29, 1.82) is 0 Å². The van der Waals surface area contributed by atoms with Gasteiger partial charge in [0, 0.05) is 6.61 Å². The molecule has 1 fully saturated rings. The first kappa shape index (κ1) is 12.5. The van der Waals surface area contributed by atoms with Gasteiger partial charge in [-0.25, -0.2) is 4.98 Å². The summed E-state index contributed by atoms with van der Waals surface area (Å²) in [6.45, 7) is 4.47. The maximum Gasteiger partial charge on any atom is 0.230 e. The van der Waals surface area contributed by atoms with E-state index in [-0.39, 0.29) is 17.9 Å². The van der Waals surface area contributed by atoms with Gasteiger partial charge >= 0.3 is 0 Å². The van der Waals surface area contributed by atoms with Crippen molar-refractivity contribution in [2.75, 3.05) is 11.9 Å². The Morgan fingerprint density at radius 2 is 2.35 bits per heavy atom. The van der Waals surface area contributed by atoms with E-state index in [1.807, 2.05) is 26.0 Å². The number of anilines is 1. The minimum Gasteiger partial charge on any atom is -0.378 e. The average molecular weight is 299 g/mol. The third kappa shape index (κ3) is 2.84. The van der Waals surface area contributed by atoms with Crippen molar-refractivity contribution >= 4 is 27.5 Å². The molecular weight excluding hydrogens is 284 g/mol. The van der Waals surface area contributed by atoms with Gasteiger partial charge in [0.25, 0.3) is 0 Å². The number of aromatic nitrogens is 1. The van der Waals surface area contributed by atoms with Crippen molar-refractivity contribution in [2.24, 2.45) is 5.92 Å². The molecule has 0 spiro atoms. The fourth-order valence-electron chi connectivity index (χ4n) is 1.96. The first-order valence-corrected chi connectivity index (χ1v) is 6.43. The van der Waals surface area contributed by atoms with Gasteiger partial charge in [-0.05, 0) is 48.3 Å². The number of carbonyl (C=O) groups is 1. The molecule has 1 N–H and O–H groups in total. The number of aryl methyl sites for hydroxylation is 1. The minimum atomic E-state index is -0.0574. The lowest BCUT2D eigenvalue weighted by Gasteiger charge is -2.15. The van der Waals surface area contributed by atoms with Crippen molar-refractivity contribution in [3.05, 3.63) is 22.4 Å². The Hall–Kier alpha value is -0.940. The summed E-state index contributed by atoms with van der Waals surface area (Å²) in [5.74, 6) is -0.0414. The zero-order valence-electron chi connectivity index (χ0n) is 9.87. The minimum absolute atomic E-state index is 0.00119. The van der Waals surface area contributed by atoms with Crippen molar-refractivity contribution in [2.45, 2.75) is 26.4 Å². The number of carbonyl (C=O) groups excluding carboxylic acids is 1. The molecule has 1 aromatic heterocycles. The van der Waals surface area contributed by atoms with E-state index in [4.69, 9.17) is 4.74 Å². The molecule has 2 unspecified atom stereocenters. The van der Waals surface area contributed by atoms with E-state index >= 15 is 0 Å².